The summed E-state index contributed by atoms with van der Waals surface area (Å²) >= 11 is 0. The number of anilines is 2. The van der Waals surface area contributed by atoms with E-state index in [-0.39, 0.29) is 36.5 Å². The number of hydrazine groups is 2. The van der Waals surface area contributed by atoms with E-state index in [0.29, 0.717) is 48.2 Å². The monoisotopic (exact) mass is 566 g/mol. The van der Waals surface area contributed by atoms with Gasteiger partial charge in [0.1, 0.15) is 0 Å². The van der Waals surface area contributed by atoms with Gasteiger partial charge in [0.15, 0.2) is 0 Å². The van der Waals surface area contributed by atoms with Crippen molar-refractivity contribution in [2.45, 2.75) is 71.6 Å². The average molecular weight is 567 g/mol. The van der Waals surface area contributed by atoms with Crippen LogP contribution in [0.1, 0.15) is 92.4 Å². The first-order valence-electron chi connectivity index (χ1n) is 13.7. The zero-order valence-corrected chi connectivity index (χ0v) is 23.4. The maximum absolute atomic E-state index is 12.2. The molecule has 2 rings (SSSR count). The lowest BCUT2D eigenvalue weighted by molar-refractivity contribution is -0.122. The van der Waals surface area contributed by atoms with Crippen molar-refractivity contribution in [2.24, 2.45) is 0 Å². The Balaban J connectivity index is 1.51. The first kappa shape index (κ1) is 32.5. The van der Waals surface area contributed by atoms with E-state index in [2.05, 4.69) is 32.3 Å². The molecule has 0 aliphatic heterocycles. The molecule has 12 nitrogen and oxygen atoms in total. The van der Waals surface area contributed by atoms with Gasteiger partial charge in [-0.2, -0.15) is 0 Å². The number of carbonyl (C=O) groups is 6. The second-order valence-electron chi connectivity index (χ2n) is 9.23. The molecule has 0 saturated carbocycles. The summed E-state index contributed by atoms with van der Waals surface area (Å²) in [6, 6.07) is 12.7. The van der Waals surface area contributed by atoms with E-state index in [9.17, 15) is 28.8 Å². The maximum atomic E-state index is 12.2. The van der Waals surface area contributed by atoms with Gasteiger partial charge in [-0.05, 0) is 61.4 Å². The van der Waals surface area contributed by atoms with E-state index < -0.39 is 11.8 Å². The molecule has 0 spiro atoms. The highest BCUT2D eigenvalue weighted by Crippen LogP contribution is 2.11. The number of carbonyl (C=O) groups excluding carboxylic acids is 6. The van der Waals surface area contributed by atoms with E-state index >= 15 is 0 Å². The van der Waals surface area contributed by atoms with Crippen molar-refractivity contribution in [1.29, 1.82) is 0 Å². The Morgan fingerprint density at radius 2 is 0.805 bits per heavy atom. The van der Waals surface area contributed by atoms with Gasteiger partial charge in [-0.15, -0.1) is 0 Å². The van der Waals surface area contributed by atoms with Crippen molar-refractivity contribution in [3.05, 3.63) is 59.7 Å². The van der Waals surface area contributed by atoms with Gasteiger partial charge in [0.25, 0.3) is 11.8 Å². The number of unbranched alkanes of at least 4 members (excludes halogenated alkanes) is 4. The molecule has 0 fully saturated rings. The fourth-order valence-corrected chi connectivity index (χ4v) is 3.53. The lowest BCUT2D eigenvalue weighted by Crippen LogP contribution is -2.41. The summed E-state index contributed by atoms with van der Waals surface area (Å²) in [5.74, 6) is -1.78. The summed E-state index contributed by atoms with van der Waals surface area (Å²) in [4.78, 5) is 71.1. The van der Waals surface area contributed by atoms with Crippen LogP contribution >= 0.6 is 0 Å². The van der Waals surface area contributed by atoms with Crippen LogP contribution in [-0.4, -0.2) is 35.4 Å². The molecule has 6 N–H and O–H groups in total. The third-order valence-corrected chi connectivity index (χ3v) is 5.94. The Kier molecular flexibility index (Phi) is 14.1. The van der Waals surface area contributed by atoms with Gasteiger partial charge in [-0.25, -0.2) is 0 Å². The summed E-state index contributed by atoms with van der Waals surface area (Å²) in [5, 5.41) is 5.38. The van der Waals surface area contributed by atoms with Crippen LogP contribution in [0.25, 0.3) is 0 Å². The number of rotatable bonds is 14. The molecule has 0 unspecified atom stereocenters. The van der Waals surface area contributed by atoms with Gasteiger partial charge < -0.3 is 10.6 Å². The Morgan fingerprint density at radius 3 is 1.15 bits per heavy atom. The molecule has 2 aromatic carbocycles. The molecule has 12 heteroatoms. The lowest BCUT2D eigenvalue weighted by Gasteiger charge is -2.09. The second kappa shape index (κ2) is 17.8. The molecule has 0 aliphatic carbocycles. The SMILES string of the molecule is CCC(=O)Nc1ccc(C(=O)NNC(=O)CCCCCCCC(=O)NNC(=O)c2ccc(NC(=O)CC)cc2)cc1. The second-order valence-corrected chi connectivity index (χ2v) is 9.23. The zero-order valence-electron chi connectivity index (χ0n) is 23.4. The van der Waals surface area contributed by atoms with Crippen molar-refractivity contribution in [3.63, 3.8) is 0 Å². The summed E-state index contributed by atoms with van der Waals surface area (Å²) in [7, 11) is 0. The molecule has 0 saturated heterocycles. The molecule has 0 aliphatic rings. The van der Waals surface area contributed by atoms with Gasteiger partial charge in [-0.1, -0.05) is 33.1 Å². The number of benzene rings is 2. The predicted octanol–water partition coefficient (Wildman–Crippen LogP) is 3.34. The largest absolute Gasteiger partial charge is 0.326 e. The predicted molar refractivity (Wildman–Crippen MR) is 154 cm³/mol. The first-order chi connectivity index (χ1) is 19.7. The molecular formula is C29H38N6O6. The van der Waals surface area contributed by atoms with Gasteiger partial charge in [0.2, 0.25) is 23.6 Å². The molecular weight excluding hydrogens is 528 g/mol. The highest BCUT2D eigenvalue weighted by atomic mass is 16.2. The van der Waals surface area contributed by atoms with Crippen LogP contribution in [0.2, 0.25) is 0 Å². The van der Waals surface area contributed by atoms with Crippen molar-refractivity contribution in [1.82, 2.24) is 21.7 Å². The minimum atomic E-state index is -0.462. The number of hydrogen-bond acceptors (Lipinski definition) is 6. The average Bonchev–Trinajstić information content (AvgIpc) is 2.98. The van der Waals surface area contributed by atoms with E-state index in [0.717, 1.165) is 19.3 Å². The molecule has 41 heavy (non-hydrogen) atoms. The normalized spacial score (nSPS) is 10.2. The van der Waals surface area contributed by atoms with Gasteiger partial charge in [-0.3, -0.25) is 50.5 Å². The third-order valence-electron chi connectivity index (χ3n) is 5.94. The van der Waals surface area contributed by atoms with Crippen molar-refractivity contribution >= 4 is 46.8 Å². The van der Waals surface area contributed by atoms with Crippen molar-refractivity contribution in [2.75, 3.05) is 10.6 Å². The van der Waals surface area contributed by atoms with Crippen LogP contribution in [-0.2, 0) is 19.2 Å². The number of amides is 6. The zero-order chi connectivity index (χ0) is 30.0. The Bertz CT molecular complexity index is 1100. The smallest absolute Gasteiger partial charge is 0.269 e. The van der Waals surface area contributed by atoms with Crippen LogP contribution < -0.4 is 32.3 Å². The van der Waals surface area contributed by atoms with Crippen LogP contribution in [0.3, 0.4) is 0 Å². The van der Waals surface area contributed by atoms with Crippen LogP contribution in [0.4, 0.5) is 11.4 Å². The topological polar surface area (TPSA) is 175 Å². The molecule has 0 bridgehead atoms. The third kappa shape index (κ3) is 12.8. The molecule has 0 atom stereocenters. The summed E-state index contributed by atoms with van der Waals surface area (Å²) in [6.45, 7) is 3.49. The fraction of sp³-hybridized carbons (Fsp3) is 0.379. The Morgan fingerprint density at radius 1 is 0.463 bits per heavy atom. The fourth-order valence-electron chi connectivity index (χ4n) is 3.53. The molecule has 0 heterocycles. The molecule has 0 aromatic heterocycles. The van der Waals surface area contributed by atoms with E-state index in [1.165, 1.54) is 0 Å². The highest BCUT2D eigenvalue weighted by molar-refractivity contribution is 5.97. The summed E-state index contributed by atoms with van der Waals surface area (Å²) in [6.07, 6.45) is 4.90. The number of nitrogens with one attached hydrogen (secondary N) is 6. The summed E-state index contributed by atoms with van der Waals surface area (Å²) < 4.78 is 0. The molecule has 6 amide bonds. The minimum Gasteiger partial charge on any atom is -0.326 e. The van der Waals surface area contributed by atoms with Gasteiger partial charge in [0.05, 0.1) is 0 Å². The Hall–Kier alpha value is -4.74. The van der Waals surface area contributed by atoms with E-state index in [4.69, 9.17) is 0 Å². The molecule has 220 valence electrons. The van der Waals surface area contributed by atoms with Crippen LogP contribution in [0.15, 0.2) is 48.5 Å². The van der Waals surface area contributed by atoms with E-state index in [1.54, 1.807) is 62.4 Å². The Labute approximate surface area is 239 Å². The molecule has 0 radical (unpaired) electrons. The molecule has 2 aromatic rings. The maximum Gasteiger partial charge on any atom is 0.269 e. The first-order valence-corrected chi connectivity index (χ1v) is 13.7. The van der Waals surface area contributed by atoms with Crippen molar-refractivity contribution < 1.29 is 28.8 Å². The highest BCUT2D eigenvalue weighted by Gasteiger charge is 2.10. The van der Waals surface area contributed by atoms with E-state index in [1.807, 2.05) is 0 Å². The van der Waals surface area contributed by atoms with Crippen LogP contribution in [0.5, 0.6) is 0 Å². The summed E-state index contributed by atoms with van der Waals surface area (Å²) in [5.41, 5.74) is 11.4. The van der Waals surface area contributed by atoms with Gasteiger partial charge in [0, 0.05) is 48.2 Å². The standard InChI is InChI=1S/C29H38N6O6/c1-3-24(36)30-22-16-12-20(13-17-22)28(40)34-32-26(38)10-8-6-5-7-9-11-27(39)33-35-29(41)21-14-18-23(19-15-21)31-25(37)4-2/h12-19H,3-11H2,1-2H3,(H,30,36)(H,31,37)(H,32,38)(H,33,39)(H,34,40)(H,35,41). The number of hydrogen-bond donors (Lipinski definition) is 6. The van der Waals surface area contributed by atoms with Crippen LogP contribution in [0, 0.1) is 0 Å². The van der Waals surface area contributed by atoms with Gasteiger partial charge >= 0.3 is 0 Å². The minimum absolute atomic E-state index is 0.124. The van der Waals surface area contributed by atoms with Crippen molar-refractivity contribution in [3.8, 4) is 0 Å². The lowest BCUT2D eigenvalue weighted by atomic mass is 10.1. The quantitative estimate of drug-likeness (QED) is 0.151.